The highest BCUT2D eigenvalue weighted by Crippen LogP contribution is 2.42. The maximum atomic E-state index is 13.0. The number of carbonyl (C=O) groups excluding carboxylic acids is 2. The Bertz CT molecular complexity index is 1040. The van der Waals surface area contributed by atoms with E-state index in [1.807, 2.05) is 17.5 Å². The van der Waals surface area contributed by atoms with Gasteiger partial charge in [-0.1, -0.05) is 6.07 Å². The standard InChI is InChI=1S/C23H24N2O6S/c26-21(15-4-5-16-17(13-15)31-14-30-16)19-20(18-3-1-12-32-18)25(23(28)22(19)27)7-2-6-24-8-10-29-11-9-24/h1,3-5,12-13,20,26H,2,6-11,14H2/t20-/m1/s1. The van der Waals surface area contributed by atoms with E-state index < -0.39 is 17.7 Å². The number of carbonyl (C=O) groups is 2. The van der Waals surface area contributed by atoms with E-state index in [1.54, 1.807) is 23.1 Å². The van der Waals surface area contributed by atoms with Gasteiger partial charge in [-0.25, -0.2) is 0 Å². The first-order chi connectivity index (χ1) is 15.6. The Morgan fingerprint density at radius 1 is 1.09 bits per heavy atom. The lowest BCUT2D eigenvalue weighted by Crippen LogP contribution is -2.38. The number of likely N-dealkylation sites (tertiary alicyclic amines) is 1. The van der Waals surface area contributed by atoms with Crippen LogP contribution in [-0.4, -0.2) is 72.8 Å². The van der Waals surface area contributed by atoms with Crippen LogP contribution >= 0.6 is 11.3 Å². The van der Waals surface area contributed by atoms with E-state index in [9.17, 15) is 14.7 Å². The molecule has 168 valence electrons. The van der Waals surface area contributed by atoms with E-state index in [-0.39, 0.29) is 18.1 Å². The number of nitrogens with zero attached hydrogens (tertiary/aromatic N) is 2. The molecule has 1 N–H and O–H groups in total. The van der Waals surface area contributed by atoms with Crippen molar-refractivity contribution >= 4 is 28.8 Å². The van der Waals surface area contributed by atoms with Gasteiger partial charge in [0.15, 0.2) is 11.5 Å². The van der Waals surface area contributed by atoms with Crippen molar-refractivity contribution in [1.82, 2.24) is 9.80 Å². The number of hydrogen-bond acceptors (Lipinski definition) is 8. The van der Waals surface area contributed by atoms with E-state index in [4.69, 9.17) is 14.2 Å². The fourth-order valence-electron chi connectivity index (χ4n) is 4.34. The summed E-state index contributed by atoms with van der Waals surface area (Å²) < 4.78 is 16.1. The van der Waals surface area contributed by atoms with Crippen molar-refractivity contribution in [3.63, 3.8) is 0 Å². The van der Waals surface area contributed by atoms with Crippen molar-refractivity contribution in [2.75, 3.05) is 46.2 Å². The topological polar surface area (TPSA) is 88.5 Å². The first kappa shape index (κ1) is 21.0. The molecule has 3 aliphatic heterocycles. The first-order valence-electron chi connectivity index (χ1n) is 10.7. The van der Waals surface area contributed by atoms with Crippen molar-refractivity contribution in [2.45, 2.75) is 12.5 Å². The number of aliphatic hydroxyl groups excluding tert-OH is 1. The Kier molecular flexibility index (Phi) is 5.86. The molecule has 5 rings (SSSR count). The summed E-state index contributed by atoms with van der Waals surface area (Å²) in [7, 11) is 0. The second-order valence-electron chi connectivity index (χ2n) is 7.88. The molecule has 1 amide bonds. The maximum Gasteiger partial charge on any atom is 0.295 e. The largest absolute Gasteiger partial charge is 0.507 e. The quantitative estimate of drug-likeness (QED) is 0.406. The van der Waals surface area contributed by atoms with Gasteiger partial charge in [0.1, 0.15) is 5.76 Å². The second kappa shape index (κ2) is 8.93. The van der Waals surface area contributed by atoms with Crippen molar-refractivity contribution < 1.29 is 28.9 Å². The Balaban J connectivity index is 1.44. The maximum absolute atomic E-state index is 13.0. The molecule has 0 radical (unpaired) electrons. The number of aliphatic hydroxyl groups is 1. The van der Waals surface area contributed by atoms with E-state index in [0.717, 1.165) is 44.1 Å². The lowest BCUT2D eigenvalue weighted by molar-refractivity contribution is -0.140. The van der Waals surface area contributed by atoms with Gasteiger partial charge in [0.05, 0.1) is 24.8 Å². The second-order valence-corrected chi connectivity index (χ2v) is 8.86. The van der Waals surface area contributed by atoms with Gasteiger partial charge in [0.2, 0.25) is 6.79 Å². The smallest absolute Gasteiger partial charge is 0.295 e. The molecule has 4 heterocycles. The monoisotopic (exact) mass is 456 g/mol. The number of fused-ring (bicyclic) bond motifs is 1. The molecular weight excluding hydrogens is 432 g/mol. The molecule has 2 saturated heterocycles. The van der Waals surface area contributed by atoms with Crippen LogP contribution in [0, 0.1) is 0 Å². The zero-order valence-corrected chi connectivity index (χ0v) is 18.3. The van der Waals surface area contributed by atoms with Gasteiger partial charge >= 0.3 is 0 Å². The molecule has 0 bridgehead atoms. The summed E-state index contributed by atoms with van der Waals surface area (Å²) in [6.45, 7) is 4.55. The van der Waals surface area contributed by atoms with Crippen molar-refractivity contribution in [1.29, 1.82) is 0 Å². The lowest BCUT2D eigenvalue weighted by atomic mass is 9.99. The van der Waals surface area contributed by atoms with Gasteiger partial charge in [-0.05, 0) is 36.1 Å². The third kappa shape index (κ3) is 3.87. The van der Waals surface area contributed by atoms with Crippen LogP contribution in [-0.2, 0) is 14.3 Å². The number of amides is 1. The molecule has 0 unspecified atom stereocenters. The van der Waals surface area contributed by atoms with Crippen LogP contribution in [0.25, 0.3) is 5.76 Å². The van der Waals surface area contributed by atoms with Crippen LogP contribution in [0.15, 0.2) is 41.3 Å². The van der Waals surface area contributed by atoms with Crippen LogP contribution < -0.4 is 9.47 Å². The average Bonchev–Trinajstić information content (AvgIpc) is 3.55. The highest BCUT2D eigenvalue weighted by molar-refractivity contribution is 7.10. The Morgan fingerprint density at radius 3 is 2.69 bits per heavy atom. The van der Waals surface area contributed by atoms with Gasteiger partial charge in [0, 0.05) is 36.6 Å². The molecule has 2 aromatic rings. The van der Waals surface area contributed by atoms with Gasteiger partial charge < -0.3 is 24.2 Å². The fourth-order valence-corrected chi connectivity index (χ4v) is 5.19. The number of ketones is 1. The molecule has 8 nitrogen and oxygen atoms in total. The summed E-state index contributed by atoms with van der Waals surface area (Å²) in [5, 5.41) is 13.0. The third-order valence-corrected chi connectivity index (χ3v) is 6.90. The number of hydrogen-bond donors (Lipinski definition) is 1. The number of morpholine rings is 1. The average molecular weight is 457 g/mol. The highest BCUT2D eigenvalue weighted by atomic mass is 32.1. The predicted molar refractivity (Wildman–Crippen MR) is 118 cm³/mol. The summed E-state index contributed by atoms with van der Waals surface area (Å²) in [5.74, 6) is -0.352. The summed E-state index contributed by atoms with van der Waals surface area (Å²) in [6, 6.07) is 8.16. The normalized spacial score (nSPS) is 22.6. The van der Waals surface area contributed by atoms with Crippen LogP contribution in [0.2, 0.25) is 0 Å². The van der Waals surface area contributed by atoms with Crippen LogP contribution in [0.4, 0.5) is 0 Å². The molecule has 2 fully saturated rings. The summed E-state index contributed by atoms with van der Waals surface area (Å²) >= 11 is 1.46. The Morgan fingerprint density at radius 2 is 1.91 bits per heavy atom. The van der Waals surface area contributed by atoms with Crippen LogP contribution in [0.3, 0.4) is 0 Å². The summed E-state index contributed by atoms with van der Waals surface area (Å²) in [4.78, 5) is 30.8. The molecular formula is C23H24N2O6S. The van der Waals surface area contributed by atoms with Gasteiger partial charge in [0.25, 0.3) is 11.7 Å². The van der Waals surface area contributed by atoms with E-state index in [1.165, 1.54) is 11.3 Å². The molecule has 1 aromatic heterocycles. The third-order valence-electron chi connectivity index (χ3n) is 5.98. The SMILES string of the molecule is O=C1C(=O)N(CCCN2CCOCC2)[C@H](c2cccs2)C1=C(O)c1ccc2c(c1)OCO2. The molecule has 3 aliphatic rings. The van der Waals surface area contributed by atoms with Crippen molar-refractivity contribution in [2.24, 2.45) is 0 Å². The lowest BCUT2D eigenvalue weighted by Gasteiger charge is -2.28. The fraction of sp³-hybridized carbons (Fsp3) is 0.391. The highest BCUT2D eigenvalue weighted by Gasteiger charge is 2.46. The minimum atomic E-state index is -0.662. The van der Waals surface area contributed by atoms with Gasteiger partial charge in [-0.2, -0.15) is 0 Å². The molecule has 0 spiro atoms. The molecule has 32 heavy (non-hydrogen) atoms. The number of thiophene rings is 1. The minimum Gasteiger partial charge on any atom is -0.507 e. The van der Waals surface area contributed by atoms with Crippen LogP contribution in [0.1, 0.15) is 22.9 Å². The van der Waals surface area contributed by atoms with Crippen molar-refractivity contribution in [3.8, 4) is 11.5 Å². The van der Waals surface area contributed by atoms with Crippen molar-refractivity contribution in [3.05, 3.63) is 51.7 Å². The molecule has 0 saturated carbocycles. The minimum absolute atomic E-state index is 0.113. The zero-order chi connectivity index (χ0) is 22.1. The molecule has 1 aromatic carbocycles. The van der Waals surface area contributed by atoms with E-state index >= 15 is 0 Å². The number of benzene rings is 1. The van der Waals surface area contributed by atoms with E-state index in [0.29, 0.717) is 23.6 Å². The Labute approximate surface area is 189 Å². The first-order valence-corrected chi connectivity index (χ1v) is 11.5. The van der Waals surface area contributed by atoms with E-state index in [2.05, 4.69) is 4.90 Å². The molecule has 0 aliphatic carbocycles. The number of ether oxygens (including phenoxy) is 3. The summed E-state index contributed by atoms with van der Waals surface area (Å²) in [5.41, 5.74) is 0.532. The molecule has 9 heteroatoms. The number of Topliss-reactive ketones (excluding diaryl/α,β-unsaturated/α-hetero) is 1. The zero-order valence-electron chi connectivity index (χ0n) is 17.5. The van der Waals surface area contributed by atoms with Gasteiger partial charge in [-0.3, -0.25) is 14.5 Å². The van der Waals surface area contributed by atoms with Gasteiger partial charge in [-0.15, -0.1) is 11.3 Å². The predicted octanol–water partition coefficient (Wildman–Crippen LogP) is 2.62. The summed E-state index contributed by atoms with van der Waals surface area (Å²) in [6.07, 6.45) is 0.735. The number of rotatable bonds is 6. The Hall–Kier alpha value is -2.88. The van der Waals surface area contributed by atoms with Crippen LogP contribution in [0.5, 0.6) is 11.5 Å². The molecule has 1 atom stereocenters.